The van der Waals surface area contributed by atoms with Crippen LogP contribution < -0.4 is 37.2 Å². The summed E-state index contributed by atoms with van der Waals surface area (Å²) in [5.74, 6) is -3.45. The van der Waals surface area contributed by atoms with Gasteiger partial charge in [-0.05, 0) is 32.1 Å². The molecule has 0 aromatic carbocycles. The van der Waals surface area contributed by atoms with E-state index in [2.05, 4.69) is 6.92 Å². The molecule has 2 heterocycles. The first-order chi connectivity index (χ1) is 16.9. The average molecular weight is 610 g/mol. The van der Waals surface area contributed by atoms with Gasteiger partial charge in [-0.15, -0.1) is 0 Å². The molecule has 2 saturated heterocycles. The molecule has 0 aromatic rings. The zero-order valence-electron chi connectivity index (χ0n) is 23.0. The molecule has 12 heteroatoms. The van der Waals surface area contributed by atoms with Crippen molar-refractivity contribution >= 4 is 11.9 Å². The van der Waals surface area contributed by atoms with Crippen molar-refractivity contribution in [3.8, 4) is 0 Å². The first kappa shape index (κ1) is 39.8. The van der Waals surface area contributed by atoms with E-state index in [1.54, 1.807) is 0 Å². The molecule has 2 fully saturated rings. The number of unbranched alkanes of at least 4 members (excludes halogenated alkanes) is 12. The summed E-state index contributed by atoms with van der Waals surface area (Å²) in [6.07, 6.45) is 18.1. The number of rotatable bonds is 18. The summed E-state index contributed by atoms with van der Waals surface area (Å²) in [6.45, 7) is 3.21. The molecule has 0 amide bonds. The van der Waals surface area contributed by atoms with Crippen LogP contribution in [0.2, 0.25) is 0 Å². The van der Waals surface area contributed by atoms with Crippen molar-refractivity contribution in [3.05, 3.63) is 0 Å². The highest BCUT2D eigenvalue weighted by molar-refractivity contribution is 5.78. The van der Waals surface area contributed by atoms with E-state index in [1.807, 2.05) is 0 Å². The lowest BCUT2D eigenvalue weighted by Gasteiger charge is -2.25. The molecule has 2 aliphatic rings. The second kappa shape index (κ2) is 22.3. The van der Waals surface area contributed by atoms with Gasteiger partial charge in [0.25, 0.3) is 0 Å². The Balaban J connectivity index is 0. The number of hydrogen-bond acceptors (Lipinski definition) is 6. The summed E-state index contributed by atoms with van der Waals surface area (Å²) in [5, 5.41) is 26.8. The third-order valence-electron chi connectivity index (χ3n) is 7.19. The summed E-state index contributed by atoms with van der Waals surface area (Å²) < 4.78 is 10.8. The number of ether oxygens (including phenoxy) is 2. The van der Waals surface area contributed by atoms with Crippen LogP contribution in [0.5, 0.6) is 0 Å². The summed E-state index contributed by atoms with van der Waals surface area (Å²) in [6, 6.07) is -1.44. The molecule has 0 spiro atoms. The van der Waals surface area contributed by atoms with E-state index >= 15 is 0 Å². The van der Waals surface area contributed by atoms with Crippen molar-refractivity contribution in [3.63, 3.8) is 0 Å². The number of carbonyl (C=O) groups excluding carboxylic acids is 2. The van der Waals surface area contributed by atoms with Crippen LogP contribution >= 0.6 is 0 Å². The topological polar surface area (TPSA) is 128 Å². The van der Waals surface area contributed by atoms with Gasteiger partial charge in [0, 0.05) is 0 Å². The minimum absolute atomic E-state index is 0. The molecule has 38 heavy (non-hydrogen) atoms. The first-order valence-electron chi connectivity index (χ1n) is 14.0. The molecular formula is C26H51Cl3N2O7. The monoisotopic (exact) mass is 608 g/mol. The van der Waals surface area contributed by atoms with Crippen molar-refractivity contribution in [2.75, 3.05) is 13.1 Å². The van der Waals surface area contributed by atoms with E-state index < -0.39 is 30.0 Å². The fourth-order valence-corrected chi connectivity index (χ4v) is 4.98. The van der Waals surface area contributed by atoms with Crippen molar-refractivity contribution in [1.82, 2.24) is 10.1 Å². The third-order valence-corrected chi connectivity index (χ3v) is 7.19. The van der Waals surface area contributed by atoms with E-state index in [-0.39, 0.29) is 43.6 Å². The Hall–Kier alpha value is -0.390. The third kappa shape index (κ3) is 14.8. The predicted molar refractivity (Wildman–Crippen MR) is 136 cm³/mol. The van der Waals surface area contributed by atoms with Crippen molar-refractivity contribution in [2.45, 2.75) is 141 Å². The van der Waals surface area contributed by atoms with Gasteiger partial charge in [-0.25, -0.2) is 9.59 Å². The summed E-state index contributed by atoms with van der Waals surface area (Å²) in [5.41, 5.74) is 0. The molecule has 2 unspecified atom stereocenters. The molecule has 2 aliphatic heterocycles. The van der Waals surface area contributed by atoms with Gasteiger partial charge in [0.15, 0.2) is 12.1 Å². The van der Waals surface area contributed by atoms with Crippen LogP contribution in [0.4, 0.5) is 0 Å². The molecule has 0 aromatic heterocycles. The summed E-state index contributed by atoms with van der Waals surface area (Å²) >= 11 is 0. The Bertz CT molecular complexity index is 600. The van der Waals surface area contributed by atoms with Crippen LogP contribution in [0, 0.1) is 0 Å². The largest absolute Gasteiger partial charge is 1.00 e. The first-order valence-corrected chi connectivity index (χ1v) is 14.0. The fraction of sp³-hybridized carbons (Fsp3) is 0.923. The zero-order chi connectivity index (χ0) is 25.5. The predicted octanol–water partition coefficient (Wildman–Crippen LogP) is -5.85. The second-order valence-corrected chi connectivity index (χ2v) is 10.3. The summed E-state index contributed by atoms with van der Waals surface area (Å²) in [4.78, 5) is 25.3. The Morgan fingerprint density at radius 1 is 0.684 bits per heavy atom. The summed E-state index contributed by atoms with van der Waals surface area (Å²) in [7, 11) is 0. The quantitative estimate of drug-likeness (QED) is 0.0659. The number of nitrogens with zero attached hydrogens (tertiary/aromatic N) is 2. The molecule has 9 nitrogen and oxygen atoms in total. The second-order valence-electron chi connectivity index (χ2n) is 10.3. The van der Waals surface area contributed by atoms with Crippen LogP contribution in [0.1, 0.15) is 122 Å². The minimum atomic E-state index is -2.10. The van der Waals surface area contributed by atoms with E-state index in [9.17, 15) is 9.59 Å². The molecule has 2 rings (SSSR count). The highest BCUT2D eigenvalue weighted by Crippen LogP contribution is 2.26. The lowest BCUT2D eigenvalue weighted by Crippen LogP contribution is -3.00. The molecular weight excluding hydrogens is 559 g/mol. The zero-order valence-corrected chi connectivity index (χ0v) is 25.2. The van der Waals surface area contributed by atoms with Crippen LogP contribution in [-0.4, -0.2) is 68.7 Å². The normalized spacial score (nSPS) is 21.1. The van der Waals surface area contributed by atoms with E-state index in [0.717, 1.165) is 32.1 Å². The fourth-order valence-electron chi connectivity index (χ4n) is 4.98. The smallest absolute Gasteiger partial charge is 0.489 e. The van der Waals surface area contributed by atoms with Gasteiger partial charge >= 0.3 is 17.9 Å². The number of carbonyl (C=O) groups is 2. The van der Waals surface area contributed by atoms with Gasteiger partial charge in [0.2, 0.25) is 0 Å². The number of hydrogen-bond donors (Lipinski definition) is 0. The van der Waals surface area contributed by atoms with Gasteiger partial charge in [-0.2, -0.15) is 0 Å². The molecule has 0 aliphatic carbocycles. The molecule has 0 radical (unpaired) electrons. The van der Waals surface area contributed by atoms with Gasteiger partial charge < -0.3 is 62.2 Å². The van der Waals surface area contributed by atoms with Gasteiger partial charge in [0.1, 0.15) is 6.42 Å². The number of halogens is 3. The van der Waals surface area contributed by atoms with Crippen LogP contribution in [0.3, 0.4) is 0 Å². The van der Waals surface area contributed by atoms with Crippen LogP contribution in [0.25, 0.3) is 0 Å². The van der Waals surface area contributed by atoms with E-state index in [0.29, 0.717) is 32.4 Å². The van der Waals surface area contributed by atoms with Crippen molar-refractivity contribution in [2.24, 2.45) is 0 Å². The standard InChI is InChI=1S/C26H48N2O7.3ClH/c1-2-3-4-5-6-7-8-9-10-11-12-13-14-19-26(31,34-24(29)22-17-15-20-27(22)32)35-25(30)23-18-16-21-28(23)33;;;/h22-23,31-33H,2-21H2,1H3;3*1H. The lowest BCUT2D eigenvalue weighted by atomic mass is 10.0. The van der Waals surface area contributed by atoms with Crippen molar-refractivity contribution in [1.29, 1.82) is 0 Å². The highest BCUT2D eigenvalue weighted by Gasteiger charge is 2.48. The maximum atomic E-state index is 12.6. The van der Waals surface area contributed by atoms with E-state index in [4.69, 9.17) is 25.0 Å². The Labute approximate surface area is 247 Å². The Kier molecular flexibility index (Phi) is 23.3. The molecule has 6 N–H and O–H groups in total. The number of esters is 2. The highest BCUT2D eigenvalue weighted by atomic mass is 35.5. The minimum Gasteiger partial charge on any atom is -1.00 e. The van der Waals surface area contributed by atoms with Crippen molar-refractivity contribution < 1.29 is 71.8 Å². The SMILES string of the molecule is CCCCCCCCCCCCCCCC([OH2+])(OC(=O)C1CCCN1[OH2+])OC(=O)C1CCCN1[OH2+].[Cl-].[Cl-].[Cl-]. The van der Waals surface area contributed by atoms with Gasteiger partial charge in [-0.1, -0.05) is 94.1 Å². The maximum absolute atomic E-state index is 12.6. The lowest BCUT2D eigenvalue weighted by molar-refractivity contribution is -0.334. The average Bonchev–Trinajstić information content (AvgIpc) is 3.44. The van der Waals surface area contributed by atoms with E-state index in [1.165, 1.54) is 67.9 Å². The molecule has 0 bridgehead atoms. The molecule has 2 atom stereocenters. The maximum Gasteiger partial charge on any atom is 0.489 e. The van der Waals surface area contributed by atoms with Gasteiger partial charge in [-0.3, -0.25) is 0 Å². The Morgan fingerprint density at radius 3 is 1.34 bits per heavy atom. The number of hydroxylamine groups is 4. The molecule has 0 saturated carbocycles. The van der Waals surface area contributed by atoms with Crippen LogP contribution in [-0.2, 0) is 19.1 Å². The van der Waals surface area contributed by atoms with Gasteiger partial charge in [0.05, 0.1) is 13.1 Å². The Morgan fingerprint density at radius 2 is 1.03 bits per heavy atom. The van der Waals surface area contributed by atoms with Crippen LogP contribution in [0.15, 0.2) is 0 Å². The molecule has 228 valence electrons.